The van der Waals surface area contributed by atoms with Gasteiger partial charge in [0.15, 0.2) is 0 Å². The summed E-state index contributed by atoms with van der Waals surface area (Å²) in [5, 5.41) is 10.8. The number of esters is 1. The van der Waals surface area contributed by atoms with Gasteiger partial charge in [0.05, 0.1) is 12.0 Å². The Kier molecular flexibility index (Phi) is 4.51. The average Bonchev–Trinajstić information content (AvgIpc) is 3.00. The smallest absolute Gasteiger partial charge is 0.328 e. The van der Waals surface area contributed by atoms with E-state index in [0.29, 0.717) is 17.9 Å². The summed E-state index contributed by atoms with van der Waals surface area (Å²) in [5.41, 5.74) is 0.300. The van der Waals surface area contributed by atoms with Gasteiger partial charge >= 0.3 is 5.97 Å². The number of amides is 1. The lowest BCUT2D eigenvalue weighted by Crippen LogP contribution is -2.46. The molecule has 1 amide bonds. The Morgan fingerprint density at radius 3 is 2.50 bits per heavy atom. The van der Waals surface area contributed by atoms with Crippen LogP contribution in [0, 0.1) is 16.0 Å². The fourth-order valence-corrected chi connectivity index (χ4v) is 3.97. The molecule has 1 saturated heterocycles. The second-order valence-electron chi connectivity index (χ2n) is 6.40. The largest absolute Gasteiger partial charge is 0.467 e. The predicted molar refractivity (Wildman–Crippen MR) is 85.4 cm³/mol. The number of benzene rings is 1. The van der Waals surface area contributed by atoms with Gasteiger partial charge in [-0.3, -0.25) is 14.9 Å². The van der Waals surface area contributed by atoms with Crippen LogP contribution < -0.4 is 0 Å². The summed E-state index contributed by atoms with van der Waals surface area (Å²) in [5.74, 6) is -0.320. The number of hydrogen-bond acceptors (Lipinski definition) is 5. The van der Waals surface area contributed by atoms with Crippen LogP contribution in [0.2, 0.25) is 0 Å². The van der Waals surface area contributed by atoms with Gasteiger partial charge in [-0.1, -0.05) is 12.8 Å². The van der Waals surface area contributed by atoms with Crippen molar-refractivity contribution in [1.29, 1.82) is 0 Å². The van der Waals surface area contributed by atoms with Gasteiger partial charge in [-0.25, -0.2) is 4.79 Å². The van der Waals surface area contributed by atoms with Gasteiger partial charge in [0.2, 0.25) is 0 Å². The van der Waals surface area contributed by atoms with Gasteiger partial charge in [0, 0.05) is 23.7 Å². The van der Waals surface area contributed by atoms with E-state index in [0.717, 1.165) is 25.7 Å². The molecule has 3 rings (SSSR count). The minimum atomic E-state index is -0.564. The van der Waals surface area contributed by atoms with Gasteiger partial charge in [0.1, 0.15) is 6.04 Å². The summed E-state index contributed by atoms with van der Waals surface area (Å²) in [6.45, 7) is 0. The first-order valence-corrected chi connectivity index (χ1v) is 8.18. The third kappa shape index (κ3) is 2.86. The number of carbonyl (C=O) groups is 2. The average molecular weight is 332 g/mol. The van der Waals surface area contributed by atoms with Crippen molar-refractivity contribution in [1.82, 2.24) is 4.90 Å². The fraction of sp³-hybridized carbons (Fsp3) is 0.529. The summed E-state index contributed by atoms with van der Waals surface area (Å²) in [6.07, 6.45) is 4.70. The molecule has 1 heterocycles. The molecule has 128 valence electrons. The number of likely N-dealkylation sites (tertiary alicyclic amines) is 1. The van der Waals surface area contributed by atoms with Crippen LogP contribution in [0.1, 0.15) is 42.5 Å². The monoisotopic (exact) mass is 332 g/mol. The third-order valence-corrected chi connectivity index (χ3v) is 5.12. The van der Waals surface area contributed by atoms with Crippen LogP contribution in [0.25, 0.3) is 0 Å². The lowest BCUT2D eigenvalue weighted by atomic mass is 9.84. The van der Waals surface area contributed by atoms with Crippen LogP contribution in [0.4, 0.5) is 5.69 Å². The molecule has 7 heteroatoms. The van der Waals surface area contributed by atoms with Gasteiger partial charge in [0.25, 0.3) is 11.6 Å². The number of nitro groups is 1. The molecule has 1 aliphatic heterocycles. The molecule has 1 aromatic carbocycles. The molecule has 0 unspecified atom stereocenters. The Hall–Kier alpha value is -2.44. The molecule has 1 aliphatic carbocycles. The molecular formula is C17H20N2O5. The highest BCUT2D eigenvalue weighted by atomic mass is 16.6. The van der Waals surface area contributed by atoms with Crippen molar-refractivity contribution in [2.75, 3.05) is 7.11 Å². The van der Waals surface area contributed by atoms with Crippen LogP contribution in [0.3, 0.4) is 0 Å². The minimum absolute atomic E-state index is 0.0468. The van der Waals surface area contributed by atoms with Crippen molar-refractivity contribution in [3.8, 4) is 0 Å². The van der Waals surface area contributed by atoms with E-state index >= 15 is 0 Å². The molecule has 0 radical (unpaired) electrons. The summed E-state index contributed by atoms with van der Waals surface area (Å²) < 4.78 is 4.88. The number of ether oxygens (including phenoxy) is 1. The number of methoxy groups -OCH3 is 1. The van der Waals surface area contributed by atoms with Crippen LogP contribution in [-0.2, 0) is 9.53 Å². The zero-order valence-corrected chi connectivity index (χ0v) is 13.5. The number of nitrogens with zero attached hydrogens (tertiary/aromatic N) is 2. The molecule has 2 aliphatic rings. The molecule has 1 saturated carbocycles. The number of hydrogen-bond donors (Lipinski definition) is 0. The standard InChI is InChI=1S/C17H20N2O5/c1-24-17(21)15-10-12-4-2-3-5-14(12)18(15)16(20)11-6-8-13(9-7-11)19(22)23/h6-9,12,14-15H,2-5,10H2,1H3/t12-,14+,15-/m0/s1. The van der Waals surface area contributed by atoms with E-state index in [1.54, 1.807) is 4.90 Å². The molecule has 0 bridgehead atoms. The number of non-ortho nitro benzene ring substituents is 1. The van der Waals surface area contributed by atoms with Crippen molar-refractivity contribution in [3.63, 3.8) is 0 Å². The Bertz CT molecular complexity index is 657. The Balaban J connectivity index is 1.89. The summed E-state index contributed by atoms with van der Waals surface area (Å²) in [4.78, 5) is 37.0. The zero-order valence-electron chi connectivity index (χ0n) is 13.5. The van der Waals surface area contributed by atoms with Crippen molar-refractivity contribution in [2.24, 2.45) is 5.92 Å². The predicted octanol–water partition coefficient (Wildman–Crippen LogP) is 2.54. The summed E-state index contributed by atoms with van der Waals surface area (Å²) in [7, 11) is 1.33. The first-order chi connectivity index (χ1) is 11.5. The van der Waals surface area contributed by atoms with Gasteiger partial charge < -0.3 is 9.64 Å². The van der Waals surface area contributed by atoms with E-state index in [1.165, 1.54) is 31.4 Å². The van der Waals surface area contributed by atoms with Crippen molar-refractivity contribution in [3.05, 3.63) is 39.9 Å². The molecular weight excluding hydrogens is 312 g/mol. The maximum Gasteiger partial charge on any atom is 0.328 e. The first kappa shape index (κ1) is 16.4. The van der Waals surface area contributed by atoms with E-state index in [9.17, 15) is 19.7 Å². The third-order valence-electron chi connectivity index (χ3n) is 5.12. The van der Waals surface area contributed by atoms with Gasteiger partial charge in [-0.05, 0) is 37.3 Å². The van der Waals surface area contributed by atoms with Gasteiger partial charge in [-0.2, -0.15) is 0 Å². The van der Waals surface area contributed by atoms with E-state index in [1.807, 2.05) is 0 Å². The SMILES string of the molecule is COC(=O)[C@@H]1C[C@@H]2CCCC[C@H]2N1C(=O)c1ccc([N+](=O)[O-])cc1. The number of nitro benzene ring substituents is 1. The molecule has 0 aromatic heterocycles. The number of carbonyl (C=O) groups excluding carboxylic acids is 2. The van der Waals surface area contributed by atoms with E-state index in [2.05, 4.69) is 0 Å². The van der Waals surface area contributed by atoms with Crippen molar-refractivity contribution in [2.45, 2.75) is 44.2 Å². The van der Waals surface area contributed by atoms with Crippen molar-refractivity contribution < 1.29 is 19.2 Å². The highest BCUT2D eigenvalue weighted by Gasteiger charge is 2.48. The Morgan fingerprint density at radius 2 is 1.88 bits per heavy atom. The highest BCUT2D eigenvalue weighted by molar-refractivity contribution is 5.97. The van der Waals surface area contributed by atoms with Crippen LogP contribution in [-0.4, -0.2) is 40.9 Å². The van der Waals surface area contributed by atoms with Crippen LogP contribution in [0.5, 0.6) is 0 Å². The maximum absolute atomic E-state index is 13.0. The topological polar surface area (TPSA) is 89.8 Å². The van der Waals surface area contributed by atoms with Crippen LogP contribution in [0.15, 0.2) is 24.3 Å². The highest BCUT2D eigenvalue weighted by Crippen LogP contribution is 2.40. The fourth-order valence-electron chi connectivity index (χ4n) is 3.97. The summed E-state index contributed by atoms with van der Waals surface area (Å²) in [6, 6.07) is 5.01. The van der Waals surface area contributed by atoms with Crippen molar-refractivity contribution >= 4 is 17.6 Å². The quantitative estimate of drug-likeness (QED) is 0.482. The van der Waals surface area contributed by atoms with E-state index in [4.69, 9.17) is 4.74 Å². The molecule has 1 aromatic rings. The minimum Gasteiger partial charge on any atom is -0.467 e. The lowest BCUT2D eigenvalue weighted by Gasteiger charge is -2.33. The van der Waals surface area contributed by atoms with Gasteiger partial charge in [-0.15, -0.1) is 0 Å². The lowest BCUT2D eigenvalue weighted by molar-refractivity contribution is -0.384. The Morgan fingerprint density at radius 1 is 1.21 bits per heavy atom. The Labute approximate surface area is 139 Å². The molecule has 0 N–H and O–H groups in total. The second kappa shape index (κ2) is 6.59. The molecule has 24 heavy (non-hydrogen) atoms. The molecule has 3 atom stereocenters. The number of rotatable bonds is 3. The normalized spacial score (nSPS) is 25.9. The number of fused-ring (bicyclic) bond motifs is 1. The van der Waals surface area contributed by atoms with E-state index < -0.39 is 11.0 Å². The van der Waals surface area contributed by atoms with E-state index in [-0.39, 0.29) is 23.6 Å². The van der Waals surface area contributed by atoms with Crippen LogP contribution >= 0.6 is 0 Å². The second-order valence-corrected chi connectivity index (χ2v) is 6.40. The molecule has 7 nitrogen and oxygen atoms in total. The zero-order chi connectivity index (χ0) is 17.3. The first-order valence-electron chi connectivity index (χ1n) is 8.18. The maximum atomic E-state index is 13.0. The molecule has 0 spiro atoms. The summed E-state index contributed by atoms with van der Waals surface area (Å²) >= 11 is 0. The molecule has 2 fully saturated rings.